The molecule has 2 aromatic rings. The van der Waals surface area contributed by atoms with E-state index in [0.29, 0.717) is 5.82 Å². The molecular formula is C16H16ClN5O2. The van der Waals surface area contributed by atoms with Crippen LogP contribution in [0, 0.1) is 0 Å². The Morgan fingerprint density at radius 2 is 2.00 bits per heavy atom. The smallest absolute Gasteiger partial charge is 0.276 e. The van der Waals surface area contributed by atoms with Gasteiger partial charge in [-0.05, 0) is 31.7 Å². The van der Waals surface area contributed by atoms with Crippen molar-refractivity contribution in [3.05, 3.63) is 45.7 Å². The number of hydrogen-bond acceptors (Lipinski definition) is 5. The van der Waals surface area contributed by atoms with E-state index in [1.165, 1.54) is 23.0 Å². The summed E-state index contributed by atoms with van der Waals surface area (Å²) in [7, 11) is 0. The van der Waals surface area contributed by atoms with Gasteiger partial charge in [-0.2, -0.15) is 0 Å². The summed E-state index contributed by atoms with van der Waals surface area (Å²) < 4.78 is 1.54. The van der Waals surface area contributed by atoms with Crippen molar-refractivity contribution in [3.63, 3.8) is 0 Å². The molecule has 7 nitrogen and oxygen atoms in total. The summed E-state index contributed by atoms with van der Waals surface area (Å²) in [5.41, 5.74) is -0.412. The van der Waals surface area contributed by atoms with Crippen LogP contribution < -0.4 is 16.2 Å². The molecule has 0 aromatic carbocycles. The molecule has 0 atom stereocenters. The third-order valence-corrected chi connectivity index (χ3v) is 4.94. The Morgan fingerprint density at radius 3 is 2.71 bits per heavy atom. The zero-order chi connectivity index (χ0) is 16.7. The molecule has 1 aliphatic heterocycles. The Morgan fingerprint density at radius 1 is 1.21 bits per heavy atom. The molecule has 1 amide bonds. The van der Waals surface area contributed by atoms with E-state index in [4.69, 9.17) is 11.6 Å². The first kappa shape index (κ1) is 15.1. The van der Waals surface area contributed by atoms with Crippen LogP contribution in [-0.4, -0.2) is 20.4 Å². The van der Waals surface area contributed by atoms with E-state index in [-0.39, 0.29) is 27.9 Å². The molecule has 2 aromatic heterocycles. The van der Waals surface area contributed by atoms with Crippen molar-refractivity contribution in [3.8, 4) is 0 Å². The number of halogens is 1. The lowest BCUT2D eigenvalue weighted by Gasteiger charge is -2.35. The summed E-state index contributed by atoms with van der Waals surface area (Å²) in [6, 6.07) is 1.48. The van der Waals surface area contributed by atoms with Crippen molar-refractivity contribution < 1.29 is 4.79 Å². The first-order valence-electron chi connectivity index (χ1n) is 7.92. The van der Waals surface area contributed by atoms with Crippen LogP contribution in [0.4, 0.5) is 11.5 Å². The molecule has 4 rings (SSSR count). The summed E-state index contributed by atoms with van der Waals surface area (Å²) in [5.74, 6) is 0.159. The molecule has 0 bridgehead atoms. The number of fused-ring (bicyclic) bond motifs is 2. The van der Waals surface area contributed by atoms with Crippen LogP contribution in [-0.2, 0) is 5.66 Å². The lowest BCUT2D eigenvalue weighted by atomic mass is 9.89. The number of anilines is 2. The first-order valence-corrected chi connectivity index (χ1v) is 8.30. The predicted octanol–water partition coefficient (Wildman–Crippen LogP) is 2.40. The molecule has 8 heteroatoms. The van der Waals surface area contributed by atoms with Crippen molar-refractivity contribution in [2.75, 3.05) is 5.32 Å². The fraction of sp³-hybridized carbons (Fsp3) is 0.375. The minimum atomic E-state index is -0.661. The van der Waals surface area contributed by atoms with Crippen LogP contribution in [0.15, 0.2) is 29.5 Å². The molecule has 1 fully saturated rings. The molecular weight excluding hydrogens is 330 g/mol. The highest BCUT2D eigenvalue weighted by molar-refractivity contribution is 6.34. The van der Waals surface area contributed by atoms with Crippen molar-refractivity contribution in [1.29, 1.82) is 0 Å². The van der Waals surface area contributed by atoms with E-state index in [2.05, 4.69) is 20.6 Å². The third kappa shape index (κ3) is 2.27. The maximum Gasteiger partial charge on any atom is 0.276 e. The second kappa shape index (κ2) is 5.59. The summed E-state index contributed by atoms with van der Waals surface area (Å²) in [6.45, 7) is 0. The highest BCUT2D eigenvalue weighted by Crippen LogP contribution is 2.38. The Hall–Kier alpha value is -2.41. The van der Waals surface area contributed by atoms with Gasteiger partial charge in [-0.1, -0.05) is 18.0 Å². The topological polar surface area (TPSA) is 88.9 Å². The quantitative estimate of drug-likeness (QED) is 0.872. The number of nitrogens with zero attached hydrogens (tertiary/aromatic N) is 3. The first-order chi connectivity index (χ1) is 11.6. The van der Waals surface area contributed by atoms with Gasteiger partial charge in [-0.3, -0.25) is 19.1 Å². The monoisotopic (exact) mass is 345 g/mol. The Kier molecular flexibility index (Phi) is 3.53. The number of aromatic nitrogens is 3. The van der Waals surface area contributed by atoms with Gasteiger partial charge in [0.05, 0.1) is 11.2 Å². The van der Waals surface area contributed by atoms with Crippen LogP contribution in [0.1, 0.15) is 42.6 Å². The van der Waals surface area contributed by atoms with E-state index >= 15 is 0 Å². The summed E-state index contributed by atoms with van der Waals surface area (Å²) in [6.07, 6.45) is 9.10. The highest BCUT2D eigenvalue weighted by Gasteiger charge is 2.45. The highest BCUT2D eigenvalue weighted by atomic mass is 35.5. The molecule has 124 valence electrons. The predicted molar refractivity (Wildman–Crippen MR) is 89.6 cm³/mol. The largest absolute Gasteiger partial charge is 0.334 e. The van der Waals surface area contributed by atoms with Gasteiger partial charge in [0, 0.05) is 12.4 Å². The van der Waals surface area contributed by atoms with Crippen molar-refractivity contribution in [2.24, 2.45) is 0 Å². The van der Waals surface area contributed by atoms with Crippen molar-refractivity contribution in [2.45, 2.75) is 37.8 Å². The SMILES string of the molecule is O=C1NC2(CCCCC2)n2c1c(Cl)cc(Nc1cnccn1)c2=O. The normalized spacial score (nSPS) is 18.3. The molecule has 24 heavy (non-hydrogen) atoms. The van der Waals surface area contributed by atoms with Gasteiger partial charge in [0.1, 0.15) is 22.9 Å². The average Bonchev–Trinajstić information content (AvgIpc) is 2.86. The van der Waals surface area contributed by atoms with Crippen LogP contribution in [0.2, 0.25) is 5.02 Å². The maximum absolute atomic E-state index is 13.0. The standard InChI is InChI=1S/C16H16ClN5O2/c17-10-8-11(20-12-9-18-6-7-19-12)15(24)22-13(10)14(23)21-16(22)4-2-1-3-5-16/h6-9H,1-5H2,(H,19,20)(H,21,23). The minimum Gasteiger partial charge on any atom is -0.334 e. The fourth-order valence-corrected chi connectivity index (χ4v) is 3.89. The lowest BCUT2D eigenvalue weighted by Crippen LogP contribution is -2.48. The summed E-state index contributed by atoms with van der Waals surface area (Å²) >= 11 is 6.31. The molecule has 2 N–H and O–H groups in total. The second-order valence-electron chi connectivity index (χ2n) is 6.16. The molecule has 0 radical (unpaired) electrons. The molecule has 3 heterocycles. The van der Waals surface area contributed by atoms with Crippen molar-refractivity contribution in [1.82, 2.24) is 19.9 Å². The third-order valence-electron chi connectivity index (χ3n) is 4.65. The van der Waals surface area contributed by atoms with Gasteiger partial charge in [-0.25, -0.2) is 4.98 Å². The lowest BCUT2D eigenvalue weighted by molar-refractivity contribution is 0.0877. The molecule has 1 aliphatic carbocycles. The van der Waals surface area contributed by atoms with Gasteiger partial charge in [-0.15, -0.1) is 0 Å². The van der Waals surface area contributed by atoms with Gasteiger partial charge < -0.3 is 10.6 Å². The van der Waals surface area contributed by atoms with Gasteiger partial charge in [0.15, 0.2) is 0 Å². The van der Waals surface area contributed by atoms with E-state index in [1.807, 2.05) is 0 Å². The van der Waals surface area contributed by atoms with E-state index in [1.54, 1.807) is 6.20 Å². The maximum atomic E-state index is 13.0. The number of nitrogens with one attached hydrogen (secondary N) is 2. The summed E-state index contributed by atoms with van der Waals surface area (Å²) in [5, 5.41) is 6.19. The Balaban J connectivity index is 1.85. The van der Waals surface area contributed by atoms with Crippen LogP contribution in [0.3, 0.4) is 0 Å². The van der Waals surface area contributed by atoms with Crippen LogP contribution in [0.25, 0.3) is 0 Å². The molecule has 1 spiro atoms. The number of hydrogen-bond donors (Lipinski definition) is 2. The Labute approximate surface area is 143 Å². The number of amides is 1. The van der Waals surface area contributed by atoms with Gasteiger partial charge in [0.25, 0.3) is 11.5 Å². The number of pyridine rings is 1. The van der Waals surface area contributed by atoms with Gasteiger partial charge in [0.2, 0.25) is 0 Å². The number of carbonyl (C=O) groups is 1. The Bertz CT molecular complexity index is 859. The van der Waals surface area contributed by atoms with E-state index in [0.717, 1.165) is 32.1 Å². The zero-order valence-corrected chi connectivity index (χ0v) is 13.6. The molecule has 0 saturated heterocycles. The molecule has 1 saturated carbocycles. The zero-order valence-electron chi connectivity index (χ0n) is 12.9. The van der Waals surface area contributed by atoms with Crippen molar-refractivity contribution >= 4 is 29.0 Å². The summed E-state index contributed by atoms with van der Waals surface area (Å²) in [4.78, 5) is 33.5. The number of rotatable bonds is 2. The van der Waals surface area contributed by atoms with E-state index in [9.17, 15) is 9.59 Å². The minimum absolute atomic E-state index is 0.244. The van der Waals surface area contributed by atoms with Crippen LogP contribution >= 0.6 is 11.6 Å². The second-order valence-corrected chi connectivity index (χ2v) is 6.56. The number of carbonyl (C=O) groups excluding carboxylic acids is 1. The van der Waals surface area contributed by atoms with E-state index < -0.39 is 5.66 Å². The fourth-order valence-electron chi connectivity index (χ4n) is 3.61. The molecule has 2 aliphatic rings. The van der Waals surface area contributed by atoms with Gasteiger partial charge >= 0.3 is 0 Å². The molecule has 0 unspecified atom stereocenters. The van der Waals surface area contributed by atoms with Crippen LogP contribution in [0.5, 0.6) is 0 Å². The average molecular weight is 346 g/mol.